The number of nitrogens with one attached hydrogen (secondary N) is 1. The molecule has 0 aliphatic heterocycles. The van der Waals surface area contributed by atoms with Crippen molar-refractivity contribution in [1.82, 2.24) is 0 Å². The summed E-state index contributed by atoms with van der Waals surface area (Å²) in [6, 6.07) is 25.7. The third kappa shape index (κ3) is 4.06. The Balaban J connectivity index is 1.72. The molecule has 3 nitrogen and oxygen atoms in total. The van der Waals surface area contributed by atoms with Crippen LogP contribution in [-0.4, -0.2) is 11.0 Å². The summed E-state index contributed by atoms with van der Waals surface area (Å²) in [6.07, 6.45) is -0.910. The Morgan fingerprint density at radius 2 is 1.62 bits per heavy atom. The van der Waals surface area contributed by atoms with Crippen LogP contribution in [-0.2, 0) is 0 Å². The second-order valence-corrected chi connectivity index (χ2v) is 7.93. The Hall–Kier alpha value is -2.66. The standard InChI is InChI=1S/C24H17BrClNO2/c25-21-11-5-8-17-18(21)9-4-10-19(17)24(29)27-22-13-12-16(26)14-20(22)23(28)15-6-2-1-3-7-15/h1-14,23,28H,(H,27,29)/t23-/m0/s1. The summed E-state index contributed by atoms with van der Waals surface area (Å²) in [5.41, 5.74) is 2.33. The van der Waals surface area contributed by atoms with Crippen LogP contribution in [0.3, 0.4) is 0 Å². The Morgan fingerprint density at radius 3 is 2.41 bits per heavy atom. The quantitative estimate of drug-likeness (QED) is 0.356. The average Bonchev–Trinajstić information content (AvgIpc) is 2.75. The lowest BCUT2D eigenvalue weighted by molar-refractivity contribution is 0.102. The molecule has 144 valence electrons. The summed E-state index contributed by atoms with van der Waals surface area (Å²) < 4.78 is 0.927. The van der Waals surface area contributed by atoms with Crippen molar-refractivity contribution < 1.29 is 9.90 Å². The van der Waals surface area contributed by atoms with Gasteiger partial charge >= 0.3 is 0 Å². The third-order valence-electron chi connectivity index (χ3n) is 4.79. The molecule has 4 aromatic rings. The van der Waals surface area contributed by atoms with Gasteiger partial charge in [0, 0.05) is 26.3 Å². The van der Waals surface area contributed by atoms with Crippen molar-refractivity contribution in [1.29, 1.82) is 0 Å². The molecular weight excluding hydrogens is 450 g/mol. The number of hydrogen-bond acceptors (Lipinski definition) is 2. The molecular formula is C24H17BrClNO2. The predicted molar refractivity (Wildman–Crippen MR) is 122 cm³/mol. The van der Waals surface area contributed by atoms with E-state index in [1.165, 1.54) is 0 Å². The Kier molecular flexibility index (Phi) is 5.67. The summed E-state index contributed by atoms with van der Waals surface area (Å²) in [4.78, 5) is 13.1. The van der Waals surface area contributed by atoms with Crippen LogP contribution in [0.1, 0.15) is 27.6 Å². The van der Waals surface area contributed by atoms with E-state index in [1.54, 1.807) is 24.3 Å². The fourth-order valence-electron chi connectivity index (χ4n) is 3.35. The monoisotopic (exact) mass is 465 g/mol. The molecule has 0 unspecified atom stereocenters. The summed E-state index contributed by atoms with van der Waals surface area (Å²) in [5.74, 6) is -0.252. The minimum Gasteiger partial charge on any atom is -0.384 e. The van der Waals surface area contributed by atoms with Crippen LogP contribution < -0.4 is 5.32 Å². The maximum absolute atomic E-state index is 13.1. The zero-order valence-corrected chi connectivity index (χ0v) is 17.6. The van der Waals surface area contributed by atoms with Gasteiger partial charge in [0.15, 0.2) is 0 Å². The lowest BCUT2D eigenvalue weighted by Crippen LogP contribution is -2.15. The van der Waals surface area contributed by atoms with Crippen LogP contribution in [0.2, 0.25) is 5.02 Å². The van der Waals surface area contributed by atoms with Crippen molar-refractivity contribution in [2.45, 2.75) is 6.10 Å². The highest BCUT2D eigenvalue weighted by Crippen LogP contribution is 2.32. The van der Waals surface area contributed by atoms with Gasteiger partial charge in [0.2, 0.25) is 0 Å². The van der Waals surface area contributed by atoms with Gasteiger partial charge in [0.1, 0.15) is 6.10 Å². The van der Waals surface area contributed by atoms with Gasteiger partial charge in [0.25, 0.3) is 5.91 Å². The first kappa shape index (κ1) is 19.6. The number of carbonyl (C=O) groups is 1. The van der Waals surface area contributed by atoms with Crippen LogP contribution in [0.15, 0.2) is 89.4 Å². The second kappa shape index (κ2) is 8.37. The molecule has 0 heterocycles. The van der Waals surface area contributed by atoms with Gasteiger partial charge < -0.3 is 10.4 Å². The average molecular weight is 467 g/mol. The molecule has 0 aromatic heterocycles. The number of halogens is 2. The fraction of sp³-hybridized carbons (Fsp3) is 0.0417. The number of aliphatic hydroxyl groups is 1. The third-order valence-corrected chi connectivity index (χ3v) is 5.71. The van der Waals surface area contributed by atoms with Crippen LogP contribution in [0, 0.1) is 0 Å². The molecule has 4 rings (SSSR count). The first-order chi connectivity index (χ1) is 14.0. The summed E-state index contributed by atoms with van der Waals surface area (Å²) in [7, 11) is 0. The Bertz CT molecular complexity index is 1190. The van der Waals surface area contributed by atoms with Crippen molar-refractivity contribution in [3.05, 3.63) is 111 Å². The normalized spacial score (nSPS) is 12.0. The number of fused-ring (bicyclic) bond motifs is 1. The van der Waals surface area contributed by atoms with Gasteiger partial charge in [-0.3, -0.25) is 4.79 Å². The lowest BCUT2D eigenvalue weighted by atomic mass is 9.99. The highest BCUT2D eigenvalue weighted by Gasteiger charge is 2.18. The number of anilines is 1. The lowest BCUT2D eigenvalue weighted by Gasteiger charge is -2.18. The topological polar surface area (TPSA) is 49.3 Å². The SMILES string of the molecule is O=C(Nc1ccc(Cl)cc1[C@@H](O)c1ccccc1)c1cccc2c(Br)cccc12. The second-order valence-electron chi connectivity index (χ2n) is 6.64. The predicted octanol–water partition coefficient (Wildman–Crippen LogP) is 6.59. The van der Waals surface area contributed by atoms with E-state index >= 15 is 0 Å². The van der Waals surface area contributed by atoms with Crippen LogP contribution >= 0.6 is 27.5 Å². The highest BCUT2D eigenvalue weighted by atomic mass is 79.9. The van der Waals surface area contributed by atoms with Crippen molar-refractivity contribution in [2.75, 3.05) is 5.32 Å². The van der Waals surface area contributed by atoms with E-state index in [9.17, 15) is 9.90 Å². The smallest absolute Gasteiger partial charge is 0.256 e. The van der Waals surface area contributed by atoms with E-state index in [2.05, 4.69) is 21.2 Å². The van der Waals surface area contributed by atoms with Crippen molar-refractivity contribution in [3.63, 3.8) is 0 Å². The zero-order valence-electron chi connectivity index (χ0n) is 15.3. The van der Waals surface area contributed by atoms with Crippen molar-refractivity contribution >= 4 is 49.9 Å². The highest BCUT2D eigenvalue weighted by molar-refractivity contribution is 9.10. The Morgan fingerprint density at radius 1 is 0.897 bits per heavy atom. The van der Waals surface area contributed by atoms with Gasteiger partial charge in [-0.05, 0) is 46.7 Å². The van der Waals surface area contributed by atoms with Gasteiger partial charge in [-0.15, -0.1) is 0 Å². The van der Waals surface area contributed by atoms with E-state index in [1.807, 2.05) is 60.7 Å². The molecule has 0 aliphatic carbocycles. The van der Waals surface area contributed by atoms with E-state index < -0.39 is 6.10 Å². The molecule has 0 aliphatic rings. The molecule has 0 fully saturated rings. The van der Waals surface area contributed by atoms with E-state index in [0.29, 0.717) is 21.8 Å². The van der Waals surface area contributed by atoms with Crippen LogP contribution in [0.25, 0.3) is 10.8 Å². The number of amides is 1. The first-order valence-corrected chi connectivity index (χ1v) is 10.2. The zero-order chi connectivity index (χ0) is 20.4. The minimum atomic E-state index is -0.910. The van der Waals surface area contributed by atoms with E-state index in [-0.39, 0.29) is 5.91 Å². The largest absolute Gasteiger partial charge is 0.384 e. The molecule has 5 heteroatoms. The van der Waals surface area contributed by atoms with E-state index in [4.69, 9.17) is 11.6 Å². The number of benzene rings is 4. The Labute approximate surface area is 182 Å². The fourth-order valence-corrected chi connectivity index (χ4v) is 4.03. The van der Waals surface area contributed by atoms with Crippen molar-refractivity contribution in [2.24, 2.45) is 0 Å². The van der Waals surface area contributed by atoms with Crippen molar-refractivity contribution in [3.8, 4) is 0 Å². The number of carbonyl (C=O) groups excluding carboxylic acids is 1. The molecule has 4 aromatic carbocycles. The van der Waals surface area contributed by atoms with Gasteiger partial charge in [-0.1, -0.05) is 82.1 Å². The molecule has 0 radical (unpaired) electrons. The molecule has 0 spiro atoms. The molecule has 1 atom stereocenters. The molecule has 29 heavy (non-hydrogen) atoms. The van der Waals surface area contributed by atoms with Gasteiger partial charge in [-0.25, -0.2) is 0 Å². The van der Waals surface area contributed by atoms with Gasteiger partial charge in [0.05, 0.1) is 0 Å². The molecule has 0 saturated carbocycles. The summed E-state index contributed by atoms with van der Waals surface area (Å²) >= 11 is 9.70. The minimum absolute atomic E-state index is 0.252. The molecule has 2 N–H and O–H groups in total. The van der Waals surface area contributed by atoms with Crippen LogP contribution in [0.5, 0.6) is 0 Å². The number of rotatable bonds is 4. The van der Waals surface area contributed by atoms with Gasteiger partial charge in [-0.2, -0.15) is 0 Å². The number of aliphatic hydroxyl groups excluding tert-OH is 1. The molecule has 1 amide bonds. The van der Waals surface area contributed by atoms with E-state index in [0.717, 1.165) is 20.8 Å². The first-order valence-electron chi connectivity index (χ1n) is 9.05. The molecule has 0 saturated heterocycles. The summed E-state index contributed by atoms with van der Waals surface area (Å²) in [6.45, 7) is 0. The maximum Gasteiger partial charge on any atom is 0.256 e. The maximum atomic E-state index is 13.1. The van der Waals surface area contributed by atoms with Crippen LogP contribution in [0.4, 0.5) is 5.69 Å². The summed E-state index contributed by atoms with van der Waals surface area (Å²) in [5, 5.41) is 16.1. The number of hydrogen-bond donors (Lipinski definition) is 2. The molecule has 0 bridgehead atoms.